The second-order valence-corrected chi connectivity index (χ2v) is 7.43. The van der Waals surface area contributed by atoms with Crippen LogP contribution in [0.5, 0.6) is 0 Å². The van der Waals surface area contributed by atoms with Crippen molar-refractivity contribution in [3.05, 3.63) is 29.8 Å². The lowest BCUT2D eigenvalue weighted by Gasteiger charge is -2.31. The first-order chi connectivity index (χ1) is 10.9. The Hall–Kier alpha value is -1.04. The zero-order valence-electron chi connectivity index (χ0n) is 14.1. The van der Waals surface area contributed by atoms with Crippen LogP contribution in [0.1, 0.15) is 64.0 Å². The summed E-state index contributed by atoms with van der Waals surface area (Å²) in [6.45, 7) is 4.63. The molecule has 1 atom stereocenters. The highest BCUT2D eigenvalue weighted by Crippen LogP contribution is 2.29. The SMILES string of the molecule is CC(C)(CCC1CCC(O)CC1)NCC(O)c1cncc(F)c1. The highest BCUT2D eigenvalue weighted by atomic mass is 19.1. The van der Waals surface area contributed by atoms with E-state index < -0.39 is 11.9 Å². The van der Waals surface area contributed by atoms with E-state index in [0.29, 0.717) is 18.0 Å². The molecule has 5 heteroatoms. The van der Waals surface area contributed by atoms with Crippen LogP contribution in [0.25, 0.3) is 0 Å². The van der Waals surface area contributed by atoms with Gasteiger partial charge in [-0.1, -0.05) is 0 Å². The number of rotatable bonds is 7. The molecule has 1 fully saturated rings. The lowest BCUT2D eigenvalue weighted by Crippen LogP contribution is -2.42. The van der Waals surface area contributed by atoms with Gasteiger partial charge < -0.3 is 15.5 Å². The summed E-state index contributed by atoms with van der Waals surface area (Å²) in [6.07, 6.45) is 7.96. The van der Waals surface area contributed by atoms with E-state index >= 15 is 0 Å². The second-order valence-electron chi connectivity index (χ2n) is 7.43. The molecular formula is C18H29FN2O2. The highest BCUT2D eigenvalue weighted by Gasteiger charge is 2.24. The van der Waals surface area contributed by atoms with Crippen LogP contribution in [0, 0.1) is 11.7 Å². The van der Waals surface area contributed by atoms with Crippen LogP contribution in [0.3, 0.4) is 0 Å². The van der Waals surface area contributed by atoms with Crippen LogP contribution in [0.15, 0.2) is 18.5 Å². The maximum Gasteiger partial charge on any atom is 0.141 e. The van der Waals surface area contributed by atoms with Crippen LogP contribution in [-0.4, -0.2) is 33.4 Å². The van der Waals surface area contributed by atoms with Gasteiger partial charge in [-0.3, -0.25) is 4.98 Å². The molecule has 0 bridgehead atoms. The van der Waals surface area contributed by atoms with Gasteiger partial charge in [0.05, 0.1) is 18.4 Å². The third kappa shape index (κ3) is 6.16. The Morgan fingerprint density at radius 3 is 2.65 bits per heavy atom. The summed E-state index contributed by atoms with van der Waals surface area (Å²) < 4.78 is 13.1. The number of pyridine rings is 1. The first-order valence-corrected chi connectivity index (χ1v) is 8.57. The number of nitrogens with zero attached hydrogens (tertiary/aromatic N) is 1. The number of β-amino-alcohol motifs (C(OH)–C–C–N with tert-alkyl or cyclic N) is 1. The van der Waals surface area contributed by atoms with Crippen molar-refractivity contribution in [3.63, 3.8) is 0 Å². The first-order valence-electron chi connectivity index (χ1n) is 8.57. The molecule has 1 aliphatic carbocycles. The molecule has 23 heavy (non-hydrogen) atoms. The van der Waals surface area contributed by atoms with Crippen molar-refractivity contribution < 1.29 is 14.6 Å². The van der Waals surface area contributed by atoms with Gasteiger partial charge in [0.1, 0.15) is 5.82 Å². The van der Waals surface area contributed by atoms with Crippen LogP contribution >= 0.6 is 0 Å². The average molecular weight is 324 g/mol. The van der Waals surface area contributed by atoms with E-state index in [1.54, 1.807) is 0 Å². The fourth-order valence-corrected chi connectivity index (χ4v) is 3.19. The zero-order chi connectivity index (χ0) is 16.9. The molecule has 1 saturated carbocycles. The highest BCUT2D eigenvalue weighted by molar-refractivity contribution is 5.13. The minimum absolute atomic E-state index is 0.0855. The monoisotopic (exact) mass is 324 g/mol. The van der Waals surface area contributed by atoms with Crippen LogP contribution in [0.4, 0.5) is 4.39 Å². The van der Waals surface area contributed by atoms with Gasteiger partial charge in [-0.15, -0.1) is 0 Å². The summed E-state index contributed by atoms with van der Waals surface area (Å²) >= 11 is 0. The number of halogens is 1. The molecule has 2 rings (SSSR count). The molecule has 1 aromatic rings. The lowest BCUT2D eigenvalue weighted by molar-refractivity contribution is 0.102. The molecular weight excluding hydrogens is 295 g/mol. The average Bonchev–Trinajstić information content (AvgIpc) is 2.52. The molecule has 0 amide bonds. The summed E-state index contributed by atoms with van der Waals surface area (Å²) in [6, 6.07) is 1.32. The van der Waals surface area contributed by atoms with Gasteiger partial charge in [0.25, 0.3) is 0 Å². The summed E-state index contributed by atoms with van der Waals surface area (Å²) in [7, 11) is 0. The molecule has 1 heterocycles. The second kappa shape index (κ2) is 8.18. The smallest absolute Gasteiger partial charge is 0.141 e. The van der Waals surface area contributed by atoms with Gasteiger partial charge >= 0.3 is 0 Å². The Balaban J connectivity index is 1.74. The van der Waals surface area contributed by atoms with E-state index in [2.05, 4.69) is 24.1 Å². The molecule has 0 spiro atoms. The molecule has 1 aliphatic rings. The van der Waals surface area contributed by atoms with E-state index in [0.717, 1.165) is 44.7 Å². The fourth-order valence-electron chi connectivity index (χ4n) is 3.19. The Labute approximate surface area is 138 Å². The largest absolute Gasteiger partial charge is 0.393 e. The van der Waals surface area contributed by atoms with Crippen LogP contribution < -0.4 is 5.32 Å². The minimum atomic E-state index is -0.762. The van der Waals surface area contributed by atoms with Crippen LogP contribution in [-0.2, 0) is 0 Å². The van der Waals surface area contributed by atoms with E-state index in [9.17, 15) is 14.6 Å². The van der Waals surface area contributed by atoms with Crippen molar-refractivity contribution in [3.8, 4) is 0 Å². The maximum atomic E-state index is 13.1. The molecule has 0 aliphatic heterocycles. The molecule has 0 radical (unpaired) electrons. The Morgan fingerprint density at radius 1 is 1.30 bits per heavy atom. The van der Waals surface area contributed by atoms with Gasteiger partial charge in [0, 0.05) is 23.8 Å². The van der Waals surface area contributed by atoms with E-state index in [4.69, 9.17) is 0 Å². The molecule has 1 aromatic heterocycles. The molecule has 4 nitrogen and oxygen atoms in total. The Bertz CT molecular complexity index is 488. The van der Waals surface area contributed by atoms with Crippen molar-refractivity contribution in [1.82, 2.24) is 10.3 Å². The summed E-state index contributed by atoms with van der Waals surface area (Å²) in [5, 5.41) is 23.1. The van der Waals surface area contributed by atoms with Crippen LogP contribution in [0.2, 0.25) is 0 Å². The predicted molar refractivity (Wildman–Crippen MR) is 88.4 cm³/mol. The van der Waals surface area contributed by atoms with Gasteiger partial charge in [-0.2, -0.15) is 0 Å². The normalized spacial score (nSPS) is 23.7. The minimum Gasteiger partial charge on any atom is -0.393 e. The van der Waals surface area contributed by atoms with E-state index in [1.807, 2.05) is 0 Å². The van der Waals surface area contributed by atoms with Gasteiger partial charge in [0.2, 0.25) is 0 Å². The van der Waals surface area contributed by atoms with E-state index in [-0.39, 0.29) is 11.6 Å². The zero-order valence-corrected chi connectivity index (χ0v) is 14.1. The lowest BCUT2D eigenvalue weighted by atomic mass is 9.82. The third-order valence-electron chi connectivity index (χ3n) is 4.88. The fraction of sp³-hybridized carbons (Fsp3) is 0.722. The van der Waals surface area contributed by atoms with Crippen molar-refractivity contribution in [2.24, 2.45) is 5.92 Å². The molecule has 130 valence electrons. The van der Waals surface area contributed by atoms with Gasteiger partial charge in [-0.05, 0) is 64.4 Å². The quantitative estimate of drug-likeness (QED) is 0.721. The van der Waals surface area contributed by atoms with Gasteiger partial charge in [0.15, 0.2) is 0 Å². The topological polar surface area (TPSA) is 65.4 Å². The maximum absolute atomic E-state index is 13.1. The number of aliphatic hydroxyl groups is 2. The van der Waals surface area contributed by atoms with Crippen molar-refractivity contribution in [1.29, 1.82) is 0 Å². The molecule has 0 aromatic carbocycles. The predicted octanol–water partition coefficient (Wildman–Crippen LogP) is 2.95. The summed E-state index contributed by atoms with van der Waals surface area (Å²) in [5.41, 5.74) is 0.409. The van der Waals surface area contributed by atoms with Crippen molar-refractivity contribution in [2.75, 3.05) is 6.54 Å². The molecule has 0 saturated heterocycles. The van der Waals surface area contributed by atoms with Crippen molar-refractivity contribution >= 4 is 0 Å². The Kier molecular flexibility index (Phi) is 6.50. The third-order valence-corrected chi connectivity index (χ3v) is 4.88. The number of hydrogen-bond donors (Lipinski definition) is 3. The molecule has 1 unspecified atom stereocenters. The molecule has 3 N–H and O–H groups in total. The summed E-state index contributed by atoms with van der Waals surface area (Å²) in [5.74, 6) is 0.261. The number of aromatic nitrogens is 1. The first kappa shape index (κ1) is 18.3. The number of nitrogens with one attached hydrogen (secondary N) is 1. The Morgan fingerprint density at radius 2 is 2.00 bits per heavy atom. The number of hydrogen-bond acceptors (Lipinski definition) is 4. The number of aliphatic hydroxyl groups excluding tert-OH is 2. The van der Waals surface area contributed by atoms with Crippen molar-refractivity contribution in [2.45, 2.75) is 70.1 Å². The van der Waals surface area contributed by atoms with E-state index in [1.165, 1.54) is 12.3 Å². The standard InChI is InChI=1S/C18H29FN2O2/c1-18(2,8-7-13-3-5-16(22)6-4-13)21-12-17(23)14-9-15(19)11-20-10-14/h9-11,13,16-17,21-23H,3-8,12H2,1-2H3. The van der Waals surface area contributed by atoms with Gasteiger partial charge in [-0.25, -0.2) is 4.39 Å². The summed E-state index contributed by atoms with van der Waals surface area (Å²) in [4.78, 5) is 3.77.